The average Bonchev–Trinajstić information content (AvgIpc) is 3.82. The third-order valence-electron chi connectivity index (χ3n) is 11.5. The Morgan fingerprint density at radius 3 is 2.50 bits per heavy atom. The highest BCUT2D eigenvalue weighted by molar-refractivity contribution is 5.89. The van der Waals surface area contributed by atoms with Crippen molar-refractivity contribution in [2.45, 2.75) is 83.4 Å². The summed E-state index contributed by atoms with van der Waals surface area (Å²) in [7, 11) is 2.17. The first-order chi connectivity index (χ1) is 27.1. The number of nitrogens with one attached hydrogen (secondary N) is 2. The maximum absolute atomic E-state index is 13.8. The van der Waals surface area contributed by atoms with E-state index in [0.29, 0.717) is 18.5 Å². The molecule has 0 radical (unpaired) electrons. The molecule has 1 aliphatic carbocycles. The maximum atomic E-state index is 13.8. The van der Waals surface area contributed by atoms with E-state index in [9.17, 15) is 4.79 Å². The first-order valence-electron chi connectivity index (χ1n) is 20.3. The Labute approximate surface area is 330 Å². The smallest absolute Gasteiger partial charge is 0.320 e. The summed E-state index contributed by atoms with van der Waals surface area (Å²) < 4.78 is 16.8. The van der Waals surface area contributed by atoms with E-state index >= 15 is 0 Å². The number of fused-ring (bicyclic) bond motifs is 2. The molecular weight excluding hydrogens is 705 g/mol. The van der Waals surface area contributed by atoms with Crippen molar-refractivity contribution in [1.29, 1.82) is 0 Å². The van der Waals surface area contributed by atoms with Gasteiger partial charge in [-0.3, -0.25) is 14.6 Å². The number of likely N-dealkylation sites (N-methyl/N-ethyl adjacent to an activating group) is 1. The van der Waals surface area contributed by atoms with Crippen LogP contribution in [-0.4, -0.2) is 99.2 Å². The summed E-state index contributed by atoms with van der Waals surface area (Å²) in [5, 5.41) is 20.4. The number of benzene rings is 2. The summed E-state index contributed by atoms with van der Waals surface area (Å²) in [6.45, 7) is 15.4. The van der Waals surface area contributed by atoms with Crippen LogP contribution in [0.25, 0.3) is 11.3 Å². The number of pyridine rings is 1. The fraction of sp³-hybridized carbons (Fsp3) is 0.488. The van der Waals surface area contributed by atoms with Crippen molar-refractivity contribution in [3.8, 4) is 17.2 Å². The largest absolute Gasteiger partial charge is 0.492 e. The number of carbonyl (C=O) groups excluding carboxylic acids is 1. The Morgan fingerprint density at radius 2 is 1.70 bits per heavy atom. The standard InChI is InChI=1S/C43H56N10O3/c1-30-11-8-9-20-51(30)42-47-46-39-19-16-33(29-52(39)42)56-37-18-17-36(34-14-6-7-15-35(34)37)44-41(54)45-40-28-38(43(2,3)4)48-53(40)31-12-10-13-32(27-31)55-26-25-50-23-21-49(5)22-24-50/h6-7,10,12-16,19,27-30,36-37H,8-9,11,17-18,20-26H2,1-5H3,(H2,44,45,54)/t30-,36-,37+/m0/s1. The van der Waals surface area contributed by atoms with Crippen LogP contribution in [0, 0.1) is 0 Å². The number of amides is 2. The van der Waals surface area contributed by atoms with Crippen molar-refractivity contribution >= 4 is 23.4 Å². The van der Waals surface area contributed by atoms with Crippen molar-refractivity contribution in [2.75, 3.05) is 63.1 Å². The van der Waals surface area contributed by atoms with Gasteiger partial charge in [-0.25, -0.2) is 9.48 Å². The number of urea groups is 1. The molecule has 13 nitrogen and oxygen atoms in total. The van der Waals surface area contributed by atoms with Crippen LogP contribution in [0.5, 0.6) is 11.5 Å². The zero-order valence-electron chi connectivity index (χ0n) is 33.4. The van der Waals surface area contributed by atoms with E-state index in [4.69, 9.17) is 14.6 Å². The molecule has 8 rings (SSSR count). The van der Waals surface area contributed by atoms with Gasteiger partial charge in [0.05, 0.1) is 23.6 Å². The second kappa shape index (κ2) is 16.1. The number of carbonyl (C=O) groups is 1. The molecule has 5 aromatic rings. The summed E-state index contributed by atoms with van der Waals surface area (Å²) in [6.07, 6.45) is 6.87. The minimum Gasteiger partial charge on any atom is -0.492 e. The first kappa shape index (κ1) is 37.8. The van der Waals surface area contributed by atoms with E-state index in [1.807, 2.05) is 60.8 Å². The maximum Gasteiger partial charge on any atom is 0.320 e. The van der Waals surface area contributed by atoms with E-state index in [-0.39, 0.29) is 23.6 Å². The SMILES string of the molecule is C[C@H]1CCCCN1c1nnc2ccc(O[C@@H]3CC[C@H](NC(=O)Nc4cc(C(C)(C)C)nn4-c4cccc(OCCN5CCN(C)CC5)c4)c4ccccc43)cn12. The van der Waals surface area contributed by atoms with Gasteiger partial charge in [0, 0.05) is 62.9 Å². The molecule has 296 valence electrons. The van der Waals surface area contributed by atoms with Crippen LogP contribution < -0.4 is 25.0 Å². The number of rotatable bonds is 10. The lowest BCUT2D eigenvalue weighted by Crippen LogP contribution is -2.45. The summed E-state index contributed by atoms with van der Waals surface area (Å²) in [5.74, 6) is 2.99. The van der Waals surface area contributed by atoms with Gasteiger partial charge < -0.3 is 24.6 Å². The van der Waals surface area contributed by atoms with Gasteiger partial charge in [-0.2, -0.15) is 5.10 Å². The molecule has 0 spiro atoms. The molecule has 0 bridgehead atoms. The van der Waals surface area contributed by atoms with Crippen LogP contribution >= 0.6 is 0 Å². The summed E-state index contributed by atoms with van der Waals surface area (Å²) >= 11 is 0. The zero-order chi connectivity index (χ0) is 38.8. The molecule has 2 aliphatic heterocycles. The lowest BCUT2D eigenvalue weighted by atomic mass is 9.85. The van der Waals surface area contributed by atoms with Crippen LogP contribution in [0.4, 0.5) is 16.6 Å². The number of nitrogens with zero attached hydrogens (tertiary/aromatic N) is 8. The Balaban J connectivity index is 0.953. The lowest BCUT2D eigenvalue weighted by Gasteiger charge is -2.33. The molecule has 5 heterocycles. The Kier molecular flexibility index (Phi) is 10.9. The predicted octanol–water partition coefficient (Wildman–Crippen LogP) is 6.99. The minimum atomic E-state index is -0.289. The molecule has 2 saturated heterocycles. The van der Waals surface area contributed by atoms with E-state index in [0.717, 1.165) is 111 Å². The number of piperidine rings is 1. The molecule has 13 heteroatoms. The zero-order valence-corrected chi connectivity index (χ0v) is 33.4. The second-order valence-electron chi connectivity index (χ2n) is 16.7. The molecule has 0 saturated carbocycles. The van der Waals surface area contributed by atoms with Crippen LogP contribution in [0.3, 0.4) is 0 Å². The van der Waals surface area contributed by atoms with Gasteiger partial charge >= 0.3 is 6.03 Å². The van der Waals surface area contributed by atoms with Crippen molar-refractivity contribution in [3.63, 3.8) is 0 Å². The Hall–Kier alpha value is -5.14. The highest BCUT2D eigenvalue weighted by Gasteiger charge is 2.31. The van der Waals surface area contributed by atoms with Crippen LogP contribution in [-0.2, 0) is 5.41 Å². The lowest BCUT2D eigenvalue weighted by molar-refractivity contribution is 0.134. The Bertz CT molecular complexity index is 2130. The van der Waals surface area contributed by atoms with Crippen molar-refractivity contribution in [3.05, 3.63) is 89.7 Å². The third kappa shape index (κ3) is 8.34. The van der Waals surface area contributed by atoms with Gasteiger partial charge in [-0.05, 0) is 81.5 Å². The molecule has 2 amide bonds. The van der Waals surface area contributed by atoms with Crippen molar-refractivity contribution < 1.29 is 14.3 Å². The van der Waals surface area contributed by atoms with E-state index in [2.05, 4.69) is 86.8 Å². The quantitative estimate of drug-likeness (QED) is 0.155. The van der Waals surface area contributed by atoms with Gasteiger partial charge in [0.25, 0.3) is 0 Å². The monoisotopic (exact) mass is 760 g/mol. The third-order valence-corrected chi connectivity index (χ3v) is 11.5. The highest BCUT2D eigenvalue weighted by Crippen LogP contribution is 2.39. The number of hydrogen-bond donors (Lipinski definition) is 2. The summed E-state index contributed by atoms with van der Waals surface area (Å²) in [6, 6.07) is 22.0. The molecular formula is C43H56N10O3. The van der Waals surface area contributed by atoms with Gasteiger partial charge in [0.2, 0.25) is 5.95 Å². The number of ether oxygens (including phenoxy) is 2. The number of hydrogen-bond acceptors (Lipinski definition) is 9. The molecule has 2 N–H and O–H groups in total. The van der Waals surface area contributed by atoms with Crippen LogP contribution in [0.15, 0.2) is 72.9 Å². The van der Waals surface area contributed by atoms with Gasteiger partial charge in [0.15, 0.2) is 5.65 Å². The van der Waals surface area contributed by atoms with Crippen molar-refractivity contribution in [1.82, 2.24) is 39.5 Å². The van der Waals surface area contributed by atoms with E-state index in [1.54, 1.807) is 4.68 Å². The van der Waals surface area contributed by atoms with E-state index in [1.165, 1.54) is 6.42 Å². The van der Waals surface area contributed by atoms with Crippen LogP contribution in [0.2, 0.25) is 0 Å². The highest BCUT2D eigenvalue weighted by atomic mass is 16.5. The topological polar surface area (TPSA) is 117 Å². The molecule has 0 unspecified atom stereocenters. The first-order valence-corrected chi connectivity index (χ1v) is 20.3. The molecule has 2 aromatic carbocycles. The number of aromatic nitrogens is 5. The Morgan fingerprint density at radius 1 is 0.875 bits per heavy atom. The van der Waals surface area contributed by atoms with Gasteiger partial charge in [0.1, 0.15) is 30.0 Å². The molecule has 3 aliphatic rings. The molecule has 3 aromatic heterocycles. The molecule has 2 fully saturated rings. The number of piperazine rings is 1. The average molecular weight is 761 g/mol. The van der Waals surface area contributed by atoms with Gasteiger partial charge in [-0.15, -0.1) is 10.2 Å². The fourth-order valence-corrected chi connectivity index (χ4v) is 8.12. The van der Waals surface area contributed by atoms with Crippen molar-refractivity contribution in [2.24, 2.45) is 0 Å². The second-order valence-corrected chi connectivity index (χ2v) is 16.7. The molecule has 3 atom stereocenters. The summed E-state index contributed by atoms with van der Waals surface area (Å²) in [4.78, 5) is 21.0. The predicted molar refractivity (Wildman–Crippen MR) is 219 cm³/mol. The van der Waals surface area contributed by atoms with E-state index < -0.39 is 0 Å². The normalized spacial score (nSPS) is 20.8. The van der Waals surface area contributed by atoms with Crippen LogP contribution in [0.1, 0.15) is 88.8 Å². The minimum absolute atomic E-state index is 0.162. The summed E-state index contributed by atoms with van der Waals surface area (Å²) in [5.41, 5.74) is 4.40. The van der Waals surface area contributed by atoms with Gasteiger partial charge in [-0.1, -0.05) is 51.1 Å². The molecule has 56 heavy (non-hydrogen) atoms. The fourth-order valence-electron chi connectivity index (χ4n) is 8.12. The number of anilines is 2.